The summed E-state index contributed by atoms with van der Waals surface area (Å²) in [6.45, 7) is 2.58. The van der Waals surface area contributed by atoms with Crippen LogP contribution in [-0.4, -0.2) is 23.6 Å². The number of carbonyl (C=O) groups excluding carboxylic acids is 1. The maximum Gasteiger partial charge on any atom is 0.258 e. The summed E-state index contributed by atoms with van der Waals surface area (Å²) < 4.78 is 10.6. The number of aryl methyl sites for hydroxylation is 1. The number of aromatic nitrogens is 1. The number of hydrogen-bond donors (Lipinski definition) is 2. The number of rotatable bonds is 4. The second-order valence-electron chi connectivity index (χ2n) is 6.53. The molecule has 2 aromatic carbocycles. The molecule has 2 N–H and O–H groups in total. The first kappa shape index (κ1) is 18.5. The van der Waals surface area contributed by atoms with Crippen molar-refractivity contribution >= 4 is 17.6 Å². The number of hydrogen-bond acceptors (Lipinski definition) is 5. The van der Waals surface area contributed by atoms with Crippen LogP contribution in [0.25, 0.3) is 0 Å². The highest BCUT2D eigenvalue weighted by Gasteiger charge is 2.17. The van der Waals surface area contributed by atoms with Crippen LogP contribution in [0.3, 0.4) is 0 Å². The summed E-state index contributed by atoms with van der Waals surface area (Å²) in [6, 6.07) is 16.7. The normalized spacial score (nSPS) is 12.5. The number of ether oxygens (including phenoxy) is 2. The smallest absolute Gasteiger partial charge is 0.258 e. The molecule has 0 unspecified atom stereocenters. The van der Waals surface area contributed by atoms with Crippen LogP contribution in [0.5, 0.6) is 11.5 Å². The minimum absolute atomic E-state index is 0.161. The molecular formula is C22H20N4O3. The Hall–Kier alpha value is -3.87. The van der Waals surface area contributed by atoms with E-state index in [1.165, 1.54) is 0 Å². The number of guanidine groups is 1. The minimum Gasteiger partial charge on any atom is -0.454 e. The molecule has 1 aliphatic heterocycles. The fourth-order valence-electron chi connectivity index (χ4n) is 2.76. The highest BCUT2D eigenvalue weighted by Crippen LogP contribution is 2.32. The molecule has 7 nitrogen and oxygen atoms in total. The van der Waals surface area contributed by atoms with Crippen LogP contribution in [0.15, 0.2) is 72.0 Å². The molecule has 7 heteroatoms. The Labute approximate surface area is 168 Å². The Morgan fingerprint density at radius 1 is 1.03 bits per heavy atom. The molecule has 0 radical (unpaired) electrons. The molecule has 2 heterocycles. The Bertz CT molecular complexity index is 1030. The van der Waals surface area contributed by atoms with E-state index in [2.05, 4.69) is 20.6 Å². The Kier molecular flexibility index (Phi) is 5.38. The van der Waals surface area contributed by atoms with Crippen LogP contribution >= 0.6 is 0 Å². The predicted octanol–water partition coefficient (Wildman–Crippen LogP) is 3.52. The van der Waals surface area contributed by atoms with E-state index in [4.69, 9.17) is 9.47 Å². The van der Waals surface area contributed by atoms with E-state index in [9.17, 15) is 4.79 Å². The molecule has 1 aliphatic rings. The number of fused-ring (bicyclic) bond motifs is 1. The second-order valence-corrected chi connectivity index (χ2v) is 6.53. The van der Waals surface area contributed by atoms with Crippen LogP contribution in [0.4, 0.5) is 5.69 Å². The monoisotopic (exact) mass is 388 g/mol. The maximum absolute atomic E-state index is 12.8. The van der Waals surface area contributed by atoms with Gasteiger partial charge in [-0.3, -0.25) is 15.1 Å². The molecule has 0 spiro atoms. The highest BCUT2D eigenvalue weighted by molar-refractivity contribution is 6.10. The van der Waals surface area contributed by atoms with E-state index >= 15 is 0 Å². The molecule has 4 rings (SSSR count). The van der Waals surface area contributed by atoms with Gasteiger partial charge in [0, 0.05) is 23.6 Å². The zero-order valence-electron chi connectivity index (χ0n) is 15.9. The summed E-state index contributed by atoms with van der Waals surface area (Å²) in [5.41, 5.74) is 3.42. The Morgan fingerprint density at radius 2 is 1.79 bits per heavy atom. The SMILES string of the molecule is Cc1ccc(NC(=NCc2ccncc2)NC(=O)c2ccc3c(c2)OCO3)cc1. The molecule has 146 valence electrons. The fourth-order valence-corrected chi connectivity index (χ4v) is 2.76. The van der Waals surface area contributed by atoms with Gasteiger partial charge in [0.05, 0.1) is 6.54 Å². The topological polar surface area (TPSA) is 84.8 Å². The number of pyridine rings is 1. The van der Waals surface area contributed by atoms with Gasteiger partial charge in [0.15, 0.2) is 11.5 Å². The van der Waals surface area contributed by atoms with E-state index in [0.717, 1.165) is 16.8 Å². The van der Waals surface area contributed by atoms with Crippen LogP contribution in [-0.2, 0) is 6.54 Å². The van der Waals surface area contributed by atoms with Crippen molar-refractivity contribution in [3.8, 4) is 11.5 Å². The lowest BCUT2D eigenvalue weighted by Crippen LogP contribution is -2.36. The minimum atomic E-state index is -0.295. The van der Waals surface area contributed by atoms with Gasteiger partial charge >= 0.3 is 0 Å². The summed E-state index contributed by atoms with van der Waals surface area (Å²) in [4.78, 5) is 21.3. The highest BCUT2D eigenvalue weighted by atomic mass is 16.7. The van der Waals surface area contributed by atoms with Gasteiger partial charge < -0.3 is 14.8 Å². The van der Waals surface area contributed by atoms with Gasteiger partial charge in [0.25, 0.3) is 5.91 Å². The third-order valence-corrected chi connectivity index (χ3v) is 4.35. The summed E-state index contributed by atoms with van der Waals surface area (Å²) in [5.74, 6) is 1.25. The quantitative estimate of drug-likeness (QED) is 0.528. The molecule has 0 atom stereocenters. The van der Waals surface area contributed by atoms with E-state index in [1.54, 1.807) is 30.6 Å². The van der Waals surface area contributed by atoms with Crippen molar-refractivity contribution in [2.75, 3.05) is 12.1 Å². The van der Waals surface area contributed by atoms with Gasteiger partial charge in [-0.25, -0.2) is 4.99 Å². The molecule has 3 aromatic rings. The van der Waals surface area contributed by atoms with Crippen molar-refractivity contribution in [2.45, 2.75) is 13.5 Å². The van der Waals surface area contributed by atoms with Crippen molar-refractivity contribution in [1.82, 2.24) is 10.3 Å². The van der Waals surface area contributed by atoms with Gasteiger partial charge in [-0.1, -0.05) is 17.7 Å². The lowest BCUT2D eigenvalue weighted by atomic mass is 10.2. The molecule has 0 saturated heterocycles. The Balaban J connectivity index is 1.53. The number of nitrogens with zero attached hydrogens (tertiary/aromatic N) is 2. The molecule has 0 fully saturated rings. The summed E-state index contributed by atoms with van der Waals surface area (Å²) in [7, 11) is 0. The van der Waals surface area contributed by atoms with Crippen LogP contribution < -0.4 is 20.1 Å². The van der Waals surface area contributed by atoms with Crippen molar-refractivity contribution in [3.63, 3.8) is 0 Å². The maximum atomic E-state index is 12.8. The van der Waals surface area contributed by atoms with Gasteiger partial charge in [-0.15, -0.1) is 0 Å². The van der Waals surface area contributed by atoms with Crippen LogP contribution in [0, 0.1) is 6.92 Å². The number of carbonyl (C=O) groups is 1. The second kappa shape index (κ2) is 8.43. The first-order valence-electron chi connectivity index (χ1n) is 9.15. The number of nitrogens with one attached hydrogen (secondary N) is 2. The van der Waals surface area contributed by atoms with Crippen molar-refractivity contribution in [2.24, 2.45) is 4.99 Å². The van der Waals surface area contributed by atoms with Crippen molar-refractivity contribution in [3.05, 3.63) is 83.7 Å². The largest absolute Gasteiger partial charge is 0.454 e. The fraction of sp³-hybridized carbons (Fsp3) is 0.136. The van der Waals surface area contributed by atoms with E-state index in [1.807, 2.05) is 43.3 Å². The standard InChI is InChI=1S/C22H20N4O3/c1-15-2-5-18(6-3-15)25-22(24-13-16-8-10-23-11-9-16)26-21(27)17-4-7-19-20(12-17)29-14-28-19/h2-12H,13-14H2,1H3,(H2,24,25,26,27). The lowest BCUT2D eigenvalue weighted by molar-refractivity contribution is 0.0976. The average Bonchev–Trinajstić information content (AvgIpc) is 3.22. The molecule has 0 bridgehead atoms. The molecular weight excluding hydrogens is 368 g/mol. The zero-order chi connectivity index (χ0) is 20.1. The molecule has 1 aromatic heterocycles. The summed E-state index contributed by atoms with van der Waals surface area (Å²) in [5, 5.41) is 6.02. The number of amides is 1. The lowest BCUT2D eigenvalue weighted by Gasteiger charge is -2.12. The van der Waals surface area contributed by atoms with Crippen molar-refractivity contribution in [1.29, 1.82) is 0 Å². The summed E-state index contributed by atoms with van der Waals surface area (Å²) >= 11 is 0. The number of anilines is 1. The van der Waals surface area contributed by atoms with Gasteiger partial charge in [-0.2, -0.15) is 0 Å². The average molecular weight is 388 g/mol. The Morgan fingerprint density at radius 3 is 2.59 bits per heavy atom. The van der Waals surface area contributed by atoms with E-state index < -0.39 is 0 Å². The van der Waals surface area contributed by atoms with Gasteiger partial charge in [0.2, 0.25) is 12.8 Å². The predicted molar refractivity (Wildman–Crippen MR) is 110 cm³/mol. The van der Waals surface area contributed by atoms with Gasteiger partial charge in [-0.05, 0) is 55.0 Å². The van der Waals surface area contributed by atoms with E-state index in [0.29, 0.717) is 29.6 Å². The number of aliphatic imine (C=N–C) groups is 1. The van der Waals surface area contributed by atoms with Crippen LogP contribution in [0.1, 0.15) is 21.5 Å². The van der Waals surface area contributed by atoms with Gasteiger partial charge in [0.1, 0.15) is 0 Å². The zero-order valence-corrected chi connectivity index (χ0v) is 15.9. The molecule has 0 saturated carbocycles. The molecule has 29 heavy (non-hydrogen) atoms. The number of benzene rings is 2. The third-order valence-electron chi connectivity index (χ3n) is 4.35. The molecule has 1 amide bonds. The van der Waals surface area contributed by atoms with Crippen LogP contribution in [0.2, 0.25) is 0 Å². The molecule has 0 aliphatic carbocycles. The first-order chi connectivity index (χ1) is 14.2. The van der Waals surface area contributed by atoms with Crippen molar-refractivity contribution < 1.29 is 14.3 Å². The third kappa shape index (κ3) is 4.70. The van der Waals surface area contributed by atoms with E-state index in [-0.39, 0.29) is 12.7 Å². The summed E-state index contributed by atoms with van der Waals surface area (Å²) in [6.07, 6.45) is 3.42. The first-order valence-corrected chi connectivity index (χ1v) is 9.15.